The molecule has 0 saturated carbocycles. The van der Waals surface area contributed by atoms with Gasteiger partial charge < -0.3 is 9.84 Å². The van der Waals surface area contributed by atoms with Gasteiger partial charge in [0.2, 0.25) is 9.84 Å². The molecule has 0 aliphatic carbocycles. The molecule has 3 aromatic rings. The standard InChI is InChI=1S/C22H19ClO5S/c1-2-28-17-11-15(13-21(24)25)12-18(14-17)29(26,27)22-19(9-6-10-20(22)23)16-7-4-3-5-8-16/h3-12,14H,2,13H2,1H3,(H,24,25). The first-order valence-corrected chi connectivity index (χ1v) is 10.8. The Kier molecular flexibility index (Phi) is 6.25. The Morgan fingerprint density at radius 2 is 1.76 bits per heavy atom. The number of carbonyl (C=O) groups is 1. The Balaban J connectivity index is 2.22. The first kappa shape index (κ1) is 20.9. The topological polar surface area (TPSA) is 80.7 Å². The van der Waals surface area contributed by atoms with E-state index < -0.39 is 15.8 Å². The van der Waals surface area contributed by atoms with Gasteiger partial charge in [-0.25, -0.2) is 8.42 Å². The van der Waals surface area contributed by atoms with E-state index in [0.29, 0.717) is 23.3 Å². The summed E-state index contributed by atoms with van der Waals surface area (Å²) in [6.07, 6.45) is -0.322. The number of halogens is 1. The van der Waals surface area contributed by atoms with E-state index in [1.165, 1.54) is 24.3 Å². The second-order valence-electron chi connectivity index (χ2n) is 6.30. The zero-order chi connectivity index (χ0) is 21.0. The van der Waals surface area contributed by atoms with E-state index in [1.807, 2.05) is 18.2 Å². The summed E-state index contributed by atoms with van der Waals surface area (Å²) in [5, 5.41) is 9.21. The summed E-state index contributed by atoms with van der Waals surface area (Å²) in [7, 11) is -4.05. The van der Waals surface area contributed by atoms with Crippen LogP contribution < -0.4 is 4.74 Å². The molecule has 3 aromatic carbocycles. The number of hydrogen-bond acceptors (Lipinski definition) is 4. The highest BCUT2D eigenvalue weighted by atomic mass is 35.5. The fourth-order valence-electron chi connectivity index (χ4n) is 3.06. The van der Waals surface area contributed by atoms with Gasteiger partial charge in [0.25, 0.3) is 0 Å². The van der Waals surface area contributed by atoms with Gasteiger partial charge in [0.15, 0.2) is 0 Å². The molecule has 0 aliphatic rings. The average molecular weight is 431 g/mol. The van der Waals surface area contributed by atoms with Crippen LogP contribution in [0, 0.1) is 0 Å². The highest BCUT2D eigenvalue weighted by Gasteiger charge is 2.26. The molecular formula is C22H19ClO5S. The van der Waals surface area contributed by atoms with Gasteiger partial charge in [-0.3, -0.25) is 4.79 Å². The van der Waals surface area contributed by atoms with Crippen molar-refractivity contribution in [2.24, 2.45) is 0 Å². The summed E-state index contributed by atoms with van der Waals surface area (Å²) in [6.45, 7) is 2.08. The van der Waals surface area contributed by atoms with Gasteiger partial charge in [-0.1, -0.05) is 54.1 Å². The molecule has 1 N–H and O–H groups in total. The minimum absolute atomic E-state index is 0.0252. The molecule has 0 unspecified atom stereocenters. The third-order valence-corrected chi connectivity index (χ3v) is 6.50. The molecule has 0 saturated heterocycles. The van der Waals surface area contributed by atoms with E-state index in [1.54, 1.807) is 31.2 Å². The lowest BCUT2D eigenvalue weighted by Crippen LogP contribution is -2.08. The van der Waals surface area contributed by atoms with Gasteiger partial charge in [0.05, 0.1) is 27.8 Å². The number of aliphatic carboxylic acids is 1. The van der Waals surface area contributed by atoms with Crippen LogP contribution >= 0.6 is 11.6 Å². The van der Waals surface area contributed by atoms with E-state index in [-0.39, 0.29) is 27.0 Å². The second kappa shape index (κ2) is 8.68. The Bertz CT molecular complexity index is 1140. The fraction of sp³-hybridized carbons (Fsp3) is 0.136. The van der Waals surface area contributed by atoms with Crippen LogP contribution in [0.5, 0.6) is 5.75 Å². The molecule has 0 fully saturated rings. The number of hydrogen-bond donors (Lipinski definition) is 1. The van der Waals surface area contributed by atoms with Crippen LogP contribution in [0.25, 0.3) is 11.1 Å². The predicted octanol–water partition coefficient (Wildman–Crippen LogP) is 4.87. The van der Waals surface area contributed by atoms with Crippen LogP contribution in [0.1, 0.15) is 12.5 Å². The second-order valence-corrected chi connectivity index (χ2v) is 8.60. The highest BCUT2D eigenvalue weighted by molar-refractivity contribution is 7.91. The molecule has 0 spiro atoms. The maximum atomic E-state index is 13.6. The van der Waals surface area contributed by atoms with Crippen molar-refractivity contribution in [3.63, 3.8) is 0 Å². The molecule has 3 rings (SSSR count). The van der Waals surface area contributed by atoms with Gasteiger partial charge >= 0.3 is 5.97 Å². The smallest absolute Gasteiger partial charge is 0.307 e. The molecule has 0 atom stereocenters. The van der Waals surface area contributed by atoms with E-state index in [2.05, 4.69) is 0 Å². The summed E-state index contributed by atoms with van der Waals surface area (Å²) in [4.78, 5) is 11.1. The SMILES string of the molecule is CCOc1cc(CC(=O)O)cc(S(=O)(=O)c2c(Cl)cccc2-c2ccccc2)c1. The van der Waals surface area contributed by atoms with Gasteiger partial charge in [0.1, 0.15) is 5.75 Å². The molecule has 7 heteroatoms. The van der Waals surface area contributed by atoms with Crippen LogP contribution in [-0.2, 0) is 21.1 Å². The maximum absolute atomic E-state index is 13.6. The van der Waals surface area contributed by atoms with Gasteiger partial charge in [-0.05, 0) is 42.3 Å². The molecule has 5 nitrogen and oxygen atoms in total. The minimum Gasteiger partial charge on any atom is -0.494 e. The van der Waals surface area contributed by atoms with Crippen molar-refractivity contribution in [3.05, 3.63) is 77.3 Å². The van der Waals surface area contributed by atoms with Gasteiger partial charge in [-0.15, -0.1) is 0 Å². The molecule has 29 heavy (non-hydrogen) atoms. The summed E-state index contributed by atoms with van der Waals surface area (Å²) in [5.74, 6) is -0.775. The monoisotopic (exact) mass is 430 g/mol. The number of carboxylic acid groups (broad SMARTS) is 1. The van der Waals surface area contributed by atoms with E-state index in [0.717, 1.165) is 0 Å². The van der Waals surface area contributed by atoms with Crippen molar-refractivity contribution in [2.75, 3.05) is 6.61 Å². The zero-order valence-electron chi connectivity index (χ0n) is 15.6. The molecule has 0 heterocycles. The Morgan fingerprint density at radius 1 is 1.03 bits per heavy atom. The molecule has 0 amide bonds. The number of carboxylic acids is 1. The molecular weight excluding hydrogens is 412 g/mol. The fourth-order valence-corrected chi connectivity index (χ4v) is 5.15. The minimum atomic E-state index is -4.05. The first-order chi connectivity index (χ1) is 13.8. The molecule has 150 valence electrons. The molecule has 0 aliphatic heterocycles. The first-order valence-electron chi connectivity index (χ1n) is 8.90. The molecule has 0 bridgehead atoms. The largest absolute Gasteiger partial charge is 0.494 e. The van der Waals surface area contributed by atoms with Gasteiger partial charge in [-0.2, -0.15) is 0 Å². The van der Waals surface area contributed by atoms with Crippen molar-refractivity contribution in [2.45, 2.75) is 23.1 Å². The molecule has 0 aromatic heterocycles. The lowest BCUT2D eigenvalue weighted by atomic mass is 10.1. The van der Waals surface area contributed by atoms with Crippen LogP contribution in [0.4, 0.5) is 0 Å². The van der Waals surface area contributed by atoms with Crippen molar-refractivity contribution < 1.29 is 23.1 Å². The number of sulfone groups is 1. The number of ether oxygens (including phenoxy) is 1. The quantitative estimate of drug-likeness (QED) is 0.578. The van der Waals surface area contributed by atoms with Crippen LogP contribution in [0.15, 0.2) is 76.5 Å². The summed E-state index contributed by atoms with van der Waals surface area (Å²) >= 11 is 6.33. The normalized spacial score (nSPS) is 11.2. The zero-order valence-corrected chi connectivity index (χ0v) is 17.2. The summed E-state index contributed by atoms with van der Waals surface area (Å²) < 4.78 is 32.6. The van der Waals surface area contributed by atoms with Gasteiger partial charge in [0, 0.05) is 5.56 Å². The Labute approximate surface area is 174 Å². The maximum Gasteiger partial charge on any atom is 0.307 e. The van der Waals surface area contributed by atoms with E-state index in [4.69, 9.17) is 21.4 Å². The summed E-state index contributed by atoms with van der Waals surface area (Å²) in [5.41, 5.74) is 1.51. The molecule has 0 radical (unpaired) electrons. The van der Waals surface area contributed by atoms with Crippen molar-refractivity contribution in [1.29, 1.82) is 0 Å². The number of benzene rings is 3. The predicted molar refractivity (Wildman–Crippen MR) is 111 cm³/mol. The highest BCUT2D eigenvalue weighted by Crippen LogP contribution is 2.37. The van der Waals surface area contributed by atoms with Crippen molar-refractivity contribution in [3.8, 4) is 16.9 Å². The van der Waals surface area contributed by atoms with Crippen LogP contribution in [0.2, 0.25) is 5.02 Å². The van der Waals surface area contributed by atoms with Crippen molar-refractivity contribution >= 4 is 27.4 Å². The lowest BCUT2D eigenvalue weighted by molar-refractivity contribution is -0.136. The van der Waals surface area contributed by atoms with Crippen LogP contribution in [0.3, 0.4) is 0 Å². The van der Waals surface area contributed by atoms with E-state index >= 15 is 0 Å². The third kappa shape index (κ3) is 4.60. The van der Waals surface area contributed by atoms with Crippen molar-refractivity contribution in [1.82, 2.24) is 0 Å². The average Bonchev–Trinajstić information content (AvgIpc) is 2.68. The third-order valence-electron chi connectivity index (χ3n) is 4.24. The van der Waals surface area contributed by atoms with E-state index in [9.17, 15) is 13.2 Å². The number of rotatable bonds is 7. The Hall–Kier alpha value is -2.83. The summed E-state index contributed by atoms with van der Waals surface area (Å²) in [6, 6.07) is 18.2. The van der Waals surface area contributed by atoms with Crippen LogP contribution in [-0.4, -0.2) is 26.1 Å². The Morgan fingerprint density at radius 3 is 2.41 bits per heavy atom. The lowest BCUT2D eigenvalue weighted by Gasteiger charge is -2.15.